The second-order valence-corrected chi connectivity index (χ2v) is 6.49. The number of halogens is 1. The molecule has 5 nitrogen and oxygen atoms in total. The molecular formula is C21H19FN4O. The first-order valence-electron chi connectivity index (χ1n) is 8.91. The van der Waals surface area contributed by atoms with E-state index in [4.69, 9.17) is 0 Å². The lowest BCUT2D eigenvalue weighted by molar-refractivity contribution is 0.0735. The van der Waals surface area contributed by atoms with Crippen molar-refractivity contribution in [2.75, 3.05) is 11.9 Å². The summed E-state index contributed by atoms with van der Waals surface area (Å²) in [5.74, 6) is 0.0619. The Labute approximate surface area is 156 Å². The molecule has 1 fully saturated rings. The Kier molecular flexibility index (Phi) is 4.78. The van der Waals surface area contributed by atoms with Gasteiger partial charge in [0.25, 0.3) is 5.91 Å². The van der Waals surface area contributed by atoms with Gasteiger partial charge < -0.3 is 10.2 Å². The molecule has 1 amide bonds. The molecule has 0 aliphatic carbocycles. The summed E-state index contributed by atoms with van der Waals surface area (Å²) in [6.07, 6.45) is 4.87. The minimum absolute atomic E-state index is 0.0415. The first-order chi connectivity index (χ1) is 13.2. The number of para-hydroxylation sites is 1. The van der Waals surface area contributed by atoms with Crippen LogP contribution in [0.4, 0.5) is 16.0 Å². The van der Waals surface area contributed by atoms with Crippen LogP contribution in [0.1, 0.15) is 34.8 Å². The van der Waals surface area contributed by atoms with Crippen molar-refractivity contribution in [1.29, 1.82) is 0 Å². The number of nitrogens with one attached hydrogen (secondary N) is 1. The zero-order valence-electron chi connectivity index (χ0n) is 14.7. The van der Waals surface area contributed by atoms with Gasteiger partial charge in [0.05, 0.1) is 11.6 Å². The zero-order chi connectivity index (χ0) is 18.6. The lowest BCUT2D eigenvalue weighted by Gasteiger charge is -2.25. The molecule has 0 radical (unpaired) electrons. The van der Waals surface area contributed by atoms with E-state index in [1.54, 1.807) is 24.5 Å². The van der Waals surface area contributed by atoms with Gasteiger partial charge in [-0.1, -0.05) is 30.3 Å². The highest BCUT2D eigenvalue weighted by molar-refractivity contribution is 5.94. The van der Waals surface area contributed by atoms with Gasteiger partial charge in [-0.25, -0.2) is 14.4 Å². The molecule has 1 saturated heterocycles. The number of hydrogen-bond acceptors (Lipinski definition) is 4. The number of amides is 1. The van der Waals surface area contributed by atoms with Crippen LogP contribution in [0.2, 0.25) is 0 Å². The Hall–Kier alpha value is -3.28. The first kappa shape index (κ1) is 17.1. The highest BCUT2D eigenvalue weighted by Gasteiger charge is 2.30. The number of aromatic nitrogens is 2. The van der Waals surface area contributed by atoms with Crippen molar-refractivity contribution >= 4 is 17.5 Å². The van der Waals surface area contributed by atoms with Crippen LogP contribution in [-0.2, 0) is 0 Å². The Morgan fingerprint density at radius 2 is 1.74 bits per heavy atom. The van der Waals surface area contributed by atoms with E-state index in [1.165, 1.54) is 12.1 Å². The van der Waals surface area contributed by atoms with Crippen LogP contribution in [0, 0.1) is 5.82 Å². The summed E-state index contributed by atoms with van der Waals surface area (Å²) in [6.45, 7) is 0.672. The SMILES string of the molecule is O=C(c1cnc(Nc2ccccc2)nc1)N1CCC[C@H]1c1ccc(F)cc1. The molecule has 1 N–H and O–H groups in total. The van der Waals surface area contributed by atoms with Crippen LogP contribution in [0.3, 0.4) is 0 Å². The standard InChI is InChI=1S/C21H19FN4O/c22-17-10-8-15(9-11-17)19-7-4-12-26(19)20(27)16-13-23-21(24-14-16)25-18-5-2-1-3-6-18/h1-3,5-6,8-11,13-14,19H,4,7,12H2,(H,23,24,25)/t19-/m0/s1. The van der Waals surface area contributed by atoms with Crippen LogP contribution >= 0.6 is 0 Å². The summed E-state index contributed by atoms with van der Waals surface area (Å²) in [7, 11) is 0. The molecule has 1 aliphatic rings. The summed E-state index contributed by atoms with van der Waals surface area (Å²) in [5, 5.41) is 3.10. The summed E-state index contributed by atoms with van der Waals surface area (Å²) in [6, 6.07) is 15.9. The van der Waals surface area contributed by atoms with Crippen molar-refractivity contribution in [2.45, 2.75) is 18.9 Å². The molecule has 0 bridgehead atoms. The van der Waals surface area contributed by atoms with Gasteiger partial charge >= 0.3 is 0 Å². The van der Waals surface area contributed by atoms with Gasteiger partial charge in [-0.05, 0) is 42.7 Å². The molecule has 0 saturated carbocycles. The molecule has 1 atom stereocenters. The number of carbonyl (C=O) groups excluding carboxylic acids is 1. The molecule has 6 heteroatoms. The third-order valence-electron chi connectivity index (χ3n) is 4.70. The lowest BCUT2D eigenvalue weighted by atomic mass is 10.0. The number of carbonyl (C=O) groups is 1. The number of hydrogen-bond donors (Lipinski definition) is 1. The van der Waals surface area contributed by atoms with Gasteiger partial charge in [-0.2, -0.15) is 0 Å². The van der Waals surface area contributed by atoms with Gasteiger partial charge in [0, 0.05) is 24.6 Å². The minimum Gasteiger partial charge on any atom is -0.332 e. The maximum Gasteiger partial charge on any atom is 0.257 e. The molecule has 2 heterocycles. The van der Waals surface area contributed by atoms with Gasteiger partial charge in [0.2, 0.25) is 5.95 Å². The molecule has 0 spiro atoms. The molecule has 27 heavy (non-hydrogen) atoms. The fourth-order valence-corrected chi connectivity index (χ4v) is 3.36. The molecule has 1 aromatic heterocycles. The average Bonchev–Trinajstić information content (AvgIpc) is 3.19. The smallest absolute Gasteiger partial charge is 0.257 e. The molecule has 3 aromatic rings. The molecule has 4 rings (SSSR count). The van der Waals surface area contributed by atoms with Crippen molar-refractivity contribution in [3.63, 3.8) is 0 Å². The number of anilines is 2. The fraction of sp³-hybridized carbons (Fsp3) is 0.190. The Balaban J connectivity index is 1.49. The molecular weight excluding hydrogens is 343 g/mol. The Morgan fingerprint density at radius 1 is 1.04 bits per heavy atom. The second kappa shape index (κ2) is 7.53. The fourth-order valence-electron chi connectivity index (χ4n) is 3.36. The summed E-state index contributed by atoms with van der Waals surface area (Å²) < 4.78 is 13.2. The maximum atomic E-state index is 13.2. The Bertz CT molecular complexity index is 913. The molecule has 1 aliphatic heterocycles. The third-order valence-corrected chi connectivity index (χ3v) is 4.70. The average molecular weight is 362 g/mol. The maximum absolute atomic E-state index is 13.2. The normalized spacial score (nSPS) is 16.3. The quantitative estimate of drug-likeness (QED) is 0.750. The van der Waals surface area contributed by atoms with Gasteiger partial charge in [0.15, 0.2) is 0 Å². The van der Waals surface area contributed by atoms with E-state index in [0.29, 0.717) is 18.1 Å². The second-order valence-electron chi connectivity index (χ2n) is 6.49. The Morgan fingerprint density at radius 3 is 2.44 bits per heavy atom. The zero-order valence-corrected chi connectivity index (χ0v) is 14.7. The van der Waals surface area contributed by atoms with Crippen LogP contribution in [0.25, 0.3) is 0 Å². The molecule has 2 aromatic carbocycles. The number of likely N-dealkylation sites (tertiary alicyclic amines) is 1. The van der Waals surface area contributed by atoms with E-state index in [2.05, 4.69) is 15.3 Å². The predicted molar refractivity (Wildman–Crippen MR) is 101 cm³/mol. The van der Waals surface area contributed by atoms with Crippen molar-refractivity contribution in [2.24, 2.45) is 0 Å². The topological polar surface area (TPSA) is 58.1 Å². The molecule has 136 valence electrons. The summed E-state index contributed by atoms with van der Waals surface area (Å²) in [4.78, 5) is 23.2. The van der Waals surface area contributed by atoms with E-state index in [1.807, 2.05) is 35.2 Å². The number of benzene rings is 2. The van der Waals surface area contributed by atoms with Gasteiger partial charge in [-0.3, -0.25) is 4.79 Å². The first-order valence-corrected chi connectivity index (χ1v) is 8.91. The number of rotatable bonds is 4. The van der Waals surface area contributed by atoms with Crippen molar-refractivity contribution in [3.8, 4) is 0 Å². The van der Waals surface area contributed by atoms with Gasteiger partial charge in [0.1, 0.15) is 5.82 Å². The monoisotopic (exact) mass is 362 g/mol. The van der Waals surface area contributed by atoms with E-state index < -0.39 is 0 Å². The largest absolute Gasteiger partial charge is 0.332 e. The number of nitrogens with zero attached hydrogens (tertiary/aromatic N) is 3. The van der Waals surface area contributed by atoms with Crippen LogP contribution in [0.15, 0.2) is 67.0 Å². The van der Waals surface area contributed by atoms with Crippen LogP contribution in [0.5, 0.6) is 0 Å². The van der Waals surface area contributed by atoms with Crippen molar-refractivity contribution in [3.05, 3.63) is 83.9 Å². The van der Waals surface area contributed by atoms with Crippen molar-refractivity contribution in [1.82, 2.24) is 14.9 Å². The molecule has 0 unspecified atom stereocenters. The van der Waals surface area contributed by atoms with E-state index in [9.17, 15) is 9.18 Å². The lowest BCUT2D eigenvalue weighted by Crippen LogP contribution is -2.30. The summed E-state index contributed by atoms with van der Waals surface area (Å²) >= 11 is 0. The van der Waals surface area contributed by atoms with E-state index >= 15 is 0 Å². The highest BCUT2D eigenvalue weighted by atomic mass is 19.1. The van der Waals surface area contributed by atoms with Crippen LogP contribution < -0.4 is 5.32 Å². The third kappa shape index (κ3) is 3.79. The van der Waals surface area contributed by atoms with Crippen LogP contribution in [-0.4, -0.2) is 27.3 Å². The minimum atomic E-state index is -0.274. The van der Waals surface area contributed by atoms with E-state index in [0.717, 1.165) is 24.1 Å². The van der Waals surface area contributed by atoms with Gasteiger partial charge in [-0.15, -0.1) is 0 Å². The predicted octanol–water partition coefficient (Wildman–Crippen LogP) is 4.34. The summed E-state index contributed by atoms with van der Waals surface area (Å²) in [5.41, 5.74) is 2.28. The van der Waals surface area contributed by atoms with E-state index in [-0.39, 0.29) is 17.8 Å². The highest BCUT2D eigenvalue weighted by Crippen LogP contribution is 2.33. The van der Waals surface area contributed by atoms with Crippen molar-refractivity contribution < 1.29 is 9.18 Å².